The first-order valence-electron chi connectivity index (χ1n) is 11.5. The Morgan fingerprint density at radius 1 is 1.24 bits per heavy atom. The molecule has 2 aromatic rings. The van der Waals surface area contributed by atoms with E-state index < -0.39 is 9.84 Å². The normalized spacial score (nSPS) is 19.0. The van der Waals surface area contributed by atoms with Crippen LogP contribution in [0.3, 0.4) is 0 Å². The van der Waals surface area contributed by atoms with Gasteiger partial charge in [0.05, 0.1) is 9.80 Å². The lowest BCUT2D eigenvalue weighted by atomic mass is 9.99. The summed E-state index contributed by atoms with van der Waals surface area (Å²) < 4.78 is 33.6. The average molecular weight is 520 g/mol. The highest BCUT2D eigenvalue weighted by atomic mass is 32.2. The molecule has 7 nitrogen and oxygen atoms in total. The standard InChI is InChI=1S/C24H29N3O4S3/c1-4-5-12-27-22(28)19(33-24(27)32)15-20-25-21(23(31-20)26-13-10-17(3)11-14-26)34(29,30)18-8-6-16(2)7-9-18/h6-9,15,17H,4-5,10-14H2,1-3H3. The Morgan fingerprint density at radius 3 is 2.56 bits per heavy atom. The Balaban J connectivity index is 1.73. The second-order valence-electron chi connectivity index (χ2n) is 8.84. The van der Waals surface area contributed by atoms with E-state index in [2.05, 4.69) is 18.8 Å². The summed E-state index contributed by atoms with van der Waals surface area (Å²) in [5.74, 6) is 0.703. The van der Waals surface area contributed by atoms with Gasteiger partial charge in [-0.15, -0.1) is 0 Å². The summed E-state index contributed by atoms with van der Waals surface area (Å²) in [7, 11) is -3.91. The molecular formula is C24H29N3O4S3. The molecule has 0 saturated carbocycles. The van der Waals surface area contributed by atoms with Gasteiger partial charge in [0.2, 0.25) is 26.6 Å². The van der Waals surface area contributed by atoms with Crippen molar-refractivity contribution in [1.29, 1.82) is 0 Å². The van der Waals surface area contributed by atoms with Crippen LogP contribution in [-0.4, -0.2) is 48.2 Å². The molecule has 0 unspecified atom stereocenters. The number of unbranched alkanes of at least 4 members (excludes halogenated alkanes) is 1. The number of anilines is 1. The van der Waals surface area contributed by atoms with Gasteiger partial charge in [0.1, 0.15) is 4.32 Å². The number of hydrogen-bond acceptors (Lipinski definition) is 8. The third-order valence-corrected chi connectivity index (χ3v) is 9.16. The fourth-order valence-corrected chi connectivity index (χ4v) is 6.51. The number of piperidine rings is 1. The number of thioether (sulfide) groups is 1. The summed E-state index contributed by atoms with van der Waals surface area (Å²) in [6, 6.07) is 6.69. The Morgan fingerprint density at radius 2 is 1.91 bits per heavy atom. The molecule has 0 atom stereocenters. The highest BCUT2D eigenvalue weighted by Crippen LogP contribution is 2.37. The van der Waals surface area contributed by atoms with Gasteiger partial charge in [0, 0.05) is 25.7 Å². The lowest BCUT2D eigenvalue weighted by Gasteiger charge is -2.30. The maximum Gasteiger partial charge on any atom is 0.266 e. The van der Waals surface area contributed by atoms with Crippen molar-refractivity contribution in [1.82, 2.24) is 9.88 Å². The molecule has 4 rings (SSSR count). The number of rotatable bonds is 7. The van der Waals surface area contributed by atoms with E-state index in [1.807, 2.05) is 11.8 Å². The zero-order chi connectivity index (χ0) is 24.5. The monoisotopic (exact) mass is 519 g/mol. The quantitative estimate of drug-likeness (QED) is 0.371. The van der Waals surface area contributed by atoms with Gasteiger partial charge in [-0.3, -0.25) is 9.69 Å². The van der Waals surface area contributed by atoms with E-state index in [4.69, 9.17) is 16.6 Å². The van der Waals surface area contributed by atoms with E-state index in [-0.39, 0.29) is 27.6 Å². The molecule has 2 aliphatic heterocycles. The smallest absolute Gasteiger partial charge is 0.266 e. The van der Waals surface area contributed by atoms with Crippen molar-refractivity contribution in [2.45, 2.75) is 56.4 Å². The van der Waals surface area contributed by atoms with Gasteiger partial charge in [-0.05, 0) is 44.2 Å². The molecule has 0 radical (unpaired) electrons. The molecule has 0 spiro atoms. The summed E-state index contributed by atoms with van der Waals surface area (Å²) >= 11 is 6.56. The first-order valence-corrected chi connectivity index (χ1v) is 14.2. The van der Waals surface area contributed by atoms with Gasteiger partial charge < -0.3 is 9.32 Å². The Labute approximate surface area is 210 Å². The topological polar surface area (TPSA) is 83.7 Å². The minimum absolute atomic E-state index is 0.0929. The number of aryl methyl sites for hydroxylation is 1. The summed E-state index contributed by atoms with van der Waals surface area (Å²) in [6.07, 6.45) is 5.20. The van der Waals surface area contributed by atoms with Crippen LogP contribution in [0.15, 0.2) is 43.5 Å². The first-order chi connectivity index (χ1) is 16.2. The maximum atomic E-state index is 13.5. The summed E-state index contributed by atoms with van der Waals surface area (Å²) in [6.45, 7) is 8.08. The molecule has 2 saturated heterocycles. The van der Waals surface area contributed by atoms with Gasteiger partial charge in [-0.2, -0.15) is 4.98 Å². The van der Waals surface area contributed by atoms with Crippen LogP contribution in [0.4, 0.5) is 5.88 Å². The number of carbonyl (C=O) groups is 1. The number of aromatic nitrogens is 1. The van der Waals surface area contributed by atoms with Crippen LogP contribution >= 0.6 is 24.0 Å². The highest BCUT2D eigenvalue weighted by molar-refractivity contribution is 8.26. The molecule has 0 N–H and O–H groups in total. The van der Waals surface area contributed by atoms with Crippen molar-refractivity contribution in [3.63, 3.8) is 0 Å². The van der Waals surface area contributed by atoms with Gasteiger partial charge in [0.25, 0.3) is 5.91 Å². The van der Waals surface area contributed by atoms with Crippen LogP contribution in [0.25, 0.3) is 6.08 Å². The molecule has 0 aliphatic carbocycles. The highest BCUT2D eigenvalue weighted by Gasteiger charge is 2.35. The van der Waals surface area contributed by atoms with Crippen LogP contribution in [0.2, 0.25) is 0 Å². The number of thiocarbonyl (C=S) groups is 1. The molecule has 34 heavy (non-hydrogen) atoms. The van der Waals surface area contributed by atoms with Gasteiger partial charge in [-0.1, -0.05) is 61.9 Å². The number of sulfone groups is 1. The van der Waals surface area contributed by atoms with Crippen LogP contribution < -0.4 is 4.90 Å². The Kier molecular flexibility index (Phi) is 7.49. The molecule has 0 bridgehead atoms. The molecule has 3 heterocycles. The molecular weight excluding hydrogens is 490 g/mol. The first kappa shape index (κ1) is 24.9. The zero-order valence-electron chi connectivity index (χ0n) is 19.6. The Bertz CT molecular complexity index is 1210. The van der Waals surface area contributed by atoms with Gasteiger partial charge >= 0.3 is 0 Å². The van der Waals surface area contributed by atoms with Crippen molar-refractivity contribution in [3.05, 3.63) is 40.6 Å². The van der Waals surface area contributed by atoms with Gasteiger partial charge in [0.15, 0.2) is 0 Å². The second-order valence-corrected chi connectivity index (χ2v) is 12.4. The van der Waals surface area contributed by atoms with Gasteiger partial charge in [-0.25, -0.2) is 8.42 Å². The molecule has 1 amide bonds. The zero-order valence-corrected chi connectivity index (χ0v) is 22.1. The van der Waals surface area contributed by atoms with E-state index in [9.17, 15) is 13.2 Å². The molecule has 10 heteroatoms. The van der Waals surface area contributed by atoms with E-state index in [0.29, 0.717) is 34.8 Å². The van der Waals surface area contributed by atoms with Crippen molar-refractivity contribution >= 4 is 56.0 Å². The third-order valence-electron chi connectivity index (χ3n) is 6.12. The molecule has 1 aromatic heterocycles. The minimum atomic E-state index is -3.91. The number of hydrogen-bond donors (Lipinski definition) is 0. The largest absolute Gasteiger partial charge is 0.420 e. The fourth-order valence-electron chi connectivity index (χ4n) is 3.91. The molecule has 2 aliphatic rings. The fraction of sp³-hybridized carbons (Fsp3) is 0.458. The van der Waals surface area contributed by atoms with Crippen molar-refractivity contribution in [2.24, 2.45) is 5.92 Å². The van der Waals surface area contributed by atoms with E-state index in [1.165, 1.54) is 17.8 Å². The number of nitrogens with zero attached hydrogens (tertiary/aromatic N) is 3. The number of oxazole rings is 1. The summed E-state index contributed by atoms with van der Waals surface area (Å²) in [4.78, 5) is 21.3. The van der Waals surface area contributed by atoms with Crippen molar-refractivity contribution in [3.8, 4) is 0 Å². The van der Waals surface area contributed by atoms with Crippen molar-refractivity contribution < 1.29 is 17.6 Å². The predicted molar refractivity (Wildman–Crippen MR) is 139 cm³/mol. The molecule has 1 aromatic carbocycles. The Hall–Kier alpha value is -2.17. The lowest BCUT2D eigenvalue weighted by molar-refractivity contribution is -0.122. The SMILES string of the molecule is CCCCN1C(=O)C(=Cc2nc(S(=O)(=O)c3ccc(C)cc3)c(N3CCC(C)CC3)o2)SC1=S. The van der Waals surface area contributed by atoms with E-state index in [1.54, 1.807) is 29.2 Å². The predicted octanol–water partition coefficient (Wildman–Crippen LogP) is 5.05. The molecule has 2 fully saturated rings. The minimum Gasteiger partial charge on any atom is -0.420 e. The van der Waals surface area contributed by atoms with Crippen molar-refractivity contribution in [2.75, 3.05) is 24.5 Å². The number of carbonyl (C=O) groups excluding carboxylic acids is 1. The van der Waals surface area contributed by atoms with Crippen LogP contribution in [0, 0.1) is 12.8 Å². The lowest BCUT2D eigenvalue weighted by Crippen LogP contribution is -2.33. The number of benzene rings is 1. The van der Waals surface area contributed by atoms with Crippen LogP contribution in [0.1, 0.15) is 51.0 Å². The molecule has 182 valence electrons. The van der Waals surface area contributed by atoms with E-state index >= 15 is 0 Å². The van der Waals surface area contributed by atoms with Crippen LogP contribution in [0.5, 0.6) is 0 Å². The second kappa shape index (κ2) is 10.2. The maximum absolute atomic E-state index is 13.5. The number of amides is 1. The summed E-state index contributed by atoms with van der Waals surface area (Å²) in [5.41, 5.74) is 0.968. The van der Waals surface area contributed by atoms with Crippen LogP contribution in [-0.2, 0) is 14.6 Å². The van der Waals surface area contributed by atoms with E-state index in [0.717, 1.165) is 31.2 Å². The third kappa shape index (κ3) is 5.08. The summed E-state index contributed by atoms with van der Waals surface area (Å²) in [5, 5.41) is -0.112. The average Bonchev–Trinajstić information content (AvgIpc) is 3.35.